The van der Waals surface area contributed by atoms with Crippen LogP contribution in [-0.2, 0) is 10.0 Å². The maximum Gasteiger partial charge on any atom is 0.246 e. The van der Waals surface area contributed by atoms with Crippen molar-refractivity contribution >= 4 is 10.0 Å². The van der Waals surface area contributed by atoms with E-state index in [2.05, 4.69) is 9.88 Å². The van der Waals surface area contributed by atoms with Crippen LogP contribution in [0, 0.1) is 19.3 Å². The van der Waals surface area contributed by atoms with Gasteiger partial charge in [-0.25, -0.2) is 13.1 Å². The molecule has 110 valence electrons. The molecule has 0 fully saturated rings. The minimum absolute atomic E-state index is 0.0773. The molecule has 6 nitrogen and oxygen atoms in total. The maximum absolute atomic E-state index is 12.4. The number of nitrogens with zero attached hydrogens (tertiary/aromatic N) is 1. The number of aromatic nitrogens is 1. The summed E-state index contributed by atoms with van der Waals surface area (Å²) < 4.78 is 32.3. The van der Waals surface area contributed by atoms with Crippen LogP contribution in [0.5, 0.6) is 0 Å². The summed E-state index contributed by atoms with van der Waals surface area (Å²) in [7, 11) is -3.70. The Balaban J connectivity index is 3.08. The van der Waals surface area contributed by atoms with Crippen LogP contribution in [0.1, 0.15) is 38.6 Å². The van der Waals surface area contributed by atoms with Crippen LogP contribution in [-0.4, -0.2) is 31.3 Å². The fraction of sp³-hybridized carbons (Fsp3) is 0.750. The molecule has 0 radical (unpaired) electrons. The molecule has 19 heavy (non-hydrogen) atoms. The molecule has 0 spiro atoms. The molecule has 0 saturated heterocycles. The highest BCUT2D eigenvalue weighted by atomic mass is 32.2. The lowest BCUT2D eigenvalue weighted by Crippen LogP contribution is -2.44. The van der Waals surface area contributed by atoms with Crippen LogP contribution in [0.2, 0.25) is 0 Å². The Morgan fingerprint density at radius 2 is 1.95 bits per heavy atom. The number of hydrogen-bond donors (Lipinski definition) is 2. The fourth-order valence-electron chi connectivity index (χ4n) is 1.90. The van der Waals surface area contributed by atoms with Crippen molar-refractivity contribution < 1.29 is 18.0 Å². The van der Waals surface area contributed by atoms with E-state index in [4.69, 9.17) is 9.63 Å². The molecule has 0 aliphatic heterocycles. The van der Waals surface area contributed by atoms with Crippen molar-refractivity contribution in [2.24, 2.45) is 5.41 Å². The van der Waals surface area contributed by atoms with Crippen LogP contribution in [0.3, 0.4) is 0 Å². The van der Waals surface area contributed by atoms with Gasteiger partial charge in [0.05, 0.1) is 0 Å². The molecule has 2 N–H and O–H groups in total. The number of aliphatic hydroxyl groups excluding tert-OH is 1. The van der Waals surface area contributed by atoms with Crippen molar-refractivity contribution in [2.45, 2.75) is 52.0 Å². The van der Waals surface area contributed by atoms with E-state index >= 15 is 0 Å². The van der Waals surface area contributed by atoms with E-state index < -0.39 is 10.0 Å². The lowest BCUT2D eigenvalue weighted by atomic mass is 9.86. The summed E-state index contributed by atoms with van der Waals surface area (Å²) in [5.74, 6) is 0.265. The van der Waals surface area contributed by atoms with E-state index in [0.29, 0.717) is 12.1 Å². The predicted octanol–water partition coefficient (Wildman–Crippen LogP) is 1.37. The quantitative estimate of drug-likeness (QED) is 0.854. The molecule has 1 unspecified atom stereocenters. The number of nitrogens with one attached hydrogen (secondary N) is 1. The van der Waals surface area contributed by atoms with Crippen LogP contribution >= 0.6 is 0 Å². The molecule has 7 heteroatoms. The molecule has 1 aromatic heterocycles. The highest BCUT2D eigenvalue weighted by Gasteiger charge is 2.32. The third-order valence-corrected chi connectivity index (χ3v) is 4.71. The molecule has 0 aliphatic rings. The second kappa shape index (κ2) is 5.60. The molecule has 1 rings (SSSR count). The van der Waals surface area contributed by atoms with Crippen LogP contribution in [0.25, 0.3) is 0 Å². The first-order chi connectivity index (χ1) is 8.59. The van der Waals surface area contributed by atoms with Gasteiger partial charge in [-0.15, -0.1) is 0 Å². The fourth-order valence-corrected chi connectivity index (χ4v) is 3.71. The second-order valence-corrected chi connectivity index (χ2v) is 7.36. The summed E-state index contributed by atoms with van der Waals surface area (Å²) in [5.41, 5.74) is 0.0380. The van der Waals surface area contributed by atoms with Crippen molar-refractivity contribution in [3.8, 4) is 0 Å². The van der Waals surface area contributed by atoms with Gasteiger partial charge in [0.2, 0.25) is 10.0 Å². The Bertz CT molecular complexity index is 509. The van der Waals surface area contributed by atoms with E-state index in [-0.39, 0.29) is 28.7 Å². The molecule has 0 bridgehead atoms. The Hall–Kier alpha value is -0.920. The molecular weight excluding hydrogens is 268 g/mol. The molecule has 1 aromatic rings. The highest BCUT2D eigenvalue weighted by Crippen LogP contribution is 2.25. The molecule has 1 atom stereocenters. The van der Waals surface area contributed by atoms with Gasteiger partial charge < -0.3 is 9.63 Å². The summed E-state index contributed by atoms with van der Waals surface area (Å²) in [6.07, 6.45) is 0.353. The van der Waals surface area contributed by atoms with E-state index in [1.807, 2.05) is 20.8 Å². The number of sulfonamides is 1. The summed E-state index contributed by atoms with van der Waals surface area (Å²) in [6.45, 7) is 8.83. The van der Waals surface area contributed by atoms with Gasteiger partial charge in [-0.3, -0.25) is 0 Å². The summed E-state index contributed by atoms with van der Waals surface area (Å²) in [4.78, 5) is 0.0830. The Kier molecular flexibility index (Phi) is 4.76. The minimum Gasteiger partial charge on any atom is -0.396 e. The SMILES string of the molecule is Cc1noc(C)c1S(=O)(=O)NC(CCO)C(C)(C)C. The van der Waals surface area contributed by atoms with Crippen molar-refractivity contribution in [2.75, 3.05) is 6.61 Å². The summed E-state index contributed by atoms with van der Waals surface area (Å²) in [5, 5.41) is 12.7. The third-order valence-electron chi connectivity index (χ3n) is 3.00. The maximum atomic E-state index is 12.4. The van der Waals surface area contributed by atoms with Crippen molar-refractivity contribution in [3.63, 3.8) is 0 Å². The topological polar surface area (TPSA) is 92.4 Å². The second-order valence-electron chi connectivity index (χ2n) is 5.71. The van der Waals surface area contributed by atoms with Crippen LogP contribution in [0.15, 0.2) is 9.42 Å². The number of aliphatic hydroxyl groups is 1. The number of aryl methyl sites for hydroxylation is 2. The van der Waals surface area contributed by atoms with Gasteiger partial charge in [-0.05, 0) is 25.7 Å². The molecular formula is C12H22N2O4S. The first-order valence-electron chi connectivity index (χ1n) is 6.15. The number of rotatable bonds is 5. The Labute approximate surface area is 114 Å². The van der Waals surface area contributed by atoms with Crippen molar-refractivity contribution in [1.82, 2.24) is 9.88 Å². The molecule has 0 amide bonds. The van der Waals surface area contributed by atoms with Gasteiger partial charge in [-0.2, -0.15) is 0 Å². The Morgan fingerprint density at radius 1 is 1.37 bits per heavy atom. The Morgan fingerprint density at radius 3 is 2.32 bits per heavy atom. The number of hydrogen-bond acceptors (Lipinski definition) is 5. The molecule has 0 aliphatic carbocycles. The normalized spacial score (nSPS) is 14.6. The van der Waals surface area contributed by atoms with Gasteiger partial charge >= 0.3 is 0 Å². The van der Waals surface area contributed by atoms with Gasteiger partial charge in [0, 0.05) is 12.6 Å². The monoisotopic (exact) mass is 290 g/mol. The van der Waals surface area contributed by atoms with Gasteiger partial charge in [0.25, 0.3) is 0 Å². The van der Waals surface area contributed by atoms with Crippen molar-refractivity contribution in [1.29, 1.82) is 0 Å². The first-order valence-corrected chi connectivity index (χ1v) is 7.64. The van der Waals surface area contributed by atoms with Gasteiger partial charge in [-0.1, -0.05) is 25.9 Å². The predicted molar refractivity (Wildman–Crippen MR) is 71.2 cm³/mol. The standard InChI is InChI=1S/C12H22N2O4S/c1-8-11(9(2)18-13-8)19(16,17)14-10(6-7-15)12(3,4)5/h10,14-15H,6-7H2,1-5H3. The minimum atomic E-state index is -3.70. The smallest absolute Gasteiger partial charge is 0.246 e. The first kappa shape index (κ1) is 16.1. The highest BCUT2D eigenvalue weighted by molar-refractivity contribution is 7.89. The van der Waals surface area contributed by atoms with Crippen LogP contribution < -0.4 is 4.72 Å². The van der Waals surface area contributed by atoms with E-state index in [1.54, 1.807) is 13.8 Å². The van der Waals surface area contributed by atoms with E-state index in [9.17, 15) is 8.42 Å². The average molecular weight is 290 g/mol. The third kappa shape index (κ3) is 3.77. The van der Waals surface area contributed by atoms with Crippen molar-refractivity contribution in [3.05, 3.63) is 11.5 Å². The summed E-state index contributed by atoms with van der Waals surface area (Å²) >= 11 is 0. The van der Waals surface area contributed by atoms with Crippen LogP contribution in [0.4, 0.5) is 0 Å². The zero-order chi connectivity index (χ0) is 14.8. The van der Waals surface area contributed by atoms with E-state index in [0.717, 1.165) is 0 Å². The van der Waals surface area contributed by atoms with E-state index in [1.165, 1.54) is 0 Å². The average Bonchev–Trinajstić information content (AvgIpc) is 2.56. The molecule has 0 aromatic carbocycles. The zero-order valence-corrected chi connectivity index (χ0v) is 12.8. The largest absolute Gasteiger partial charge is 0.396 e. The summed E-state index contributed by atoms with van der Waals surface area (Å²) in [6, 6.07) is -0.365. The zero-order valence-electron chi connectivity index (χ0n) is 12.0. The molecule has 1 heterocycles. The molecule has 0 saturated carbocycles. The van der Waals surface area contributed by atoms with Gasteiger partial charge in [0.15, 0.2) is 5.76 Å². The van der Waals surface area contributed by atoms with Gasteiger partial charge in [0.1, 0.15) is 10.6 Å². The lowest BCUT2D eigenvalue weighted by molar-refractivity contribution is 0.214. The lowest BCUT2D eigenvalue weighted by Gasteiger charge is -2.30.